The number of hydrogen-bond donors (Lipinski definition) is 0. The zero-order chi connectivity index (χ0) is 17.1. The fourth-order valence-electron chi connectivity index (χ4n) is 2.42. The maximum Gasteiger partial charge on any atom is 0.282 e. The summed E-state index contributed by atoms with van der Waals surface area (Å²) in [6, 6.07) is 12.6. The number of hydrogen-bond acceptors (Lipinski definition) is 5. The molecular weight excluding hydrogens is 306 g/mol. The minimum absolute atomic E-state index is 0.207. The van der Waals surface area contributed by atoms with E-state index >= 15 is 0 Å². The SMILES string of the molecule is COc1ccc(C=Nn2c(C)nc3ccccc3c2=O)c(OC)c1. The number of aryl methyl sites for hydroxylation is 1. The van der Waals surface area contributed by atoms with Gasteiger partial charge in [0, 0.05) is 11.6 Å². The Labute approximate surface area is 139 Å². The van der Waals surface area contributed by atoms with Gasteiger partial charge in [-0.05, 0) is 31.2 Å². The van der Waals surface area contributed by atoms with Gasteiger partial charge in [0.1, 0.15) is 17.3 Å². The van der Waals surface area contributed by atoms with Crippen molar-refractivity contribution in [3.63, 3.8) is 0 Å². The van der Waals surface area contributed by atoms with Crippen LogP contribution in [0.5, 0.6) is 11.5 Å². The molecule has 0 saturated carbocycles. The van der Waals surface area contributed by atoms with Gasteiger partial charge in [-0.1, -0.05) is 12.1 Å². The Morgan fingerprint density at radius 1 is 1.12 bits per heavy atom. The van der Waals surface area contributed by atoms with Gasteiger partial charge in [0.2, 0.25) is 0 Å². The fraction of sp³-hybridized carbons (Fsp3) is 0.167. The standard InChI is InChI=1S/C18H17N3O3/c1-12-20-16-7-5-4-6-15(16)18(22)21(12)19-11-13-8-9-14(23-2)10-17(13)24-3/h4-11H,1-3H3. The molecule has 122 valence electrons. The van der Waals surface area contributed by atoms with Gasteiger partial charge in [-0.25, -0.2) is 4.98 Å². The molecule has 6 nitrogen and oxygen atoms in total. The summed E-state index contributed by atoms with van der Waals surface area (Å²) in [4.78, 5) is 17.0. The molecule has 1 heterocycles. The Balaban J connectivity index is 2.07. The average molecular weight is 323 g/mol. The van der Waals surface area contributed by atoms with Gasteiger partial charge >= 0.3 is 0 Å². The summed E-state index contributed by atoms with van der Waals surface area (Å²) in [6.07, 6.45) is 1.57. The highest BCUT2D eigenvalue weighted by Gasteiger charge is 2.07. The van der Waals surface area contributed by atoms with Gasteiger partial charge in [-0.15, -0.1) is 0 Å². The molecule has 6 heteroatoms. The first kappa shape index (κ1) is 15.7. The Hall–Kier alpha value is -3.15. The third-order valence-electron chi connectivity index (χ3n) is 3.67. The van der Waals surface area contributed by atoms with Gasteiger partial charge in [0.25, 0.3) is 5.56 Å². The molecule has 0 radical (unpaired) electrons. The fourth-order valence-corrected chi connectivity index (χ4v) is 2.42. The summed E-state index contributed by atoms with van der Waals surface area (Å²) in [7, 11) is 3.16. The molecule has 0 N–H and O–H groups in total. The lowest BCUT2D eigenvalue weighted by Crippen LogP contribution is -2.20. The third-order valence-corrected chi connectivity index (χ3v) is 3.67. The molecule has 1 aromatic heterocycles. The molecule has 0 amide bonds. The van der Waals surface area contributed by atoms with Crippen molar-refractivity contribution >= 4 is 17.1 Å². The van der Waals surface area contributed by atoms with E-state index in [4.69, 9.17) is 9.47 Å². The zero-order valence-corrected chi connectivity index (χ0v) is 13.7. The van der Waals surface area contributed by atoms with Crippen molar-refractivity contribution in [1.29, 1.82) is 0 Å². The molecule has 0 aliphatic carbocycles. The molecule has 24 heavy (non-hydrogen) atoms. The van der Waals surface area contributed by atoms with Crippen LogP contribution in [0.4, 0.5) is 0 Å². The maximum atomic E-state index is 12.6. The summed E-state index contributed by atoms with van der Waals surface area (Å²) >= 11 is 0. The van der Waals surface area contributed by atoms with E-state index in [-0.39, 0.29) is 5.56 Å². The van der Waals surface area contributed by atoms with Gasteiger partial charge in [-0.2, -0.15) is 9.78 Å². The zero-order valence-electron chi connectivity index (χ0n) is 13.7. The minimum atomic E-state index is -0.207. The van der Waals surface area contributed by atoms with Crippen molar-refractivity contribution in [3.8, 4) is 11.5 Å². The molecule has 0 atom stereocenters. The van der Waals surface area contributed by atoms with Crippen LogP contribution in [0.1, 0.15) is 11.4 Å². The van der Waals surface area contributed by atoms with Crippen molar-refractivity contribution in [3.05, 3.63) is 64.2 Å². The molecule has 3 rings (SSSR count). The number of para-hydroxylation sites is 1. The molecule has 0 aliphatic heterocycles. The van der Waals surface area contributed by atoms with Crippen LogP contribution < -0.4 is 15.0 Å². The van der Waals surface area contributed by atoms with Crippen molar-refractivity contribution in [2.24, 2.45) is 5.10 Å². The van der Waals surface area contributed by atoms with Gasteiger partial charge < -0.3 is 9.47 Å². The number of ether oxygens (including phenoxy) is 2. The first-order valence-corrected chi connectivity index (χ1v) is 7.39. The molecule has 0 saturated heterocycles. The summed E-state index contributed by atoms with van der Waals surface area (Å²) in [5.74, 6) is 1.81. The first-order valence-electron chi connectivity index (χ1n) is 7.39. The van der Waals surface area contributed by atoms with Crippen LogP contribution in [-0.2, 0) is 0 Å². The van der Waals surface area contributed by atoms with Gasteiger partial charge in [-0.3, -0.25) is 4.79 Å². The number of rotatable bonds is 4. The van der Waals surface area contributed by atoms with Crippen molar-refractivity contribution in [1.82, 2.24) is 9.66 Å². The number of benzene rings is 2. The minimum Gasteiger partial charge on any atom is -0.497 e. The van der Waals surface area contributed by atoms with E-state index in [9.17, 15) is 4.79 Å². The second-order valence-corrected chi connectivity index (χ2v) is 5.15. The van der Waals surface area contributed by atoms with Gasteiger partial charge in [0.15, 0.2) is 0 Å². The molecule has 0 bridgehead atoms. The van der Waals surface area contributed by atoms with Crippen LogP contribution in [0.25, 0.3) is 10.9 Å². The Morgan fingerprint density at radius 2 is 1.92 bits per heavy atom. The number of fused-ring (bicyclic) bond motifs is 1. The average Bonchev–Trinajstić information content (AvgIpc) is 2.61. The molecule has 0 spiro atoms. The number of methoxy groups -OCH3 is 2. The van der Waals surface area contributed by atoms with E-state index < -0.39 is 0 Å². The van der Waals surface area contributed by atoms with Crippen LogP contribution >= 0.6 is 0 Å². The monoisotopic (exact) mass is 323 g/mol. The summed E-state index contributed by atoms with van der Waals surface area (Å²) in [5.41, 5.74) is 1.19. The van der Waals surface area contributed by atoms with Crippen molar-refractivity contribution in [2.75, 3.05) is 14.2 Å². The highest BCUT2D eigenvalue weighted by Crippen LogP contribution is 2.23. The highest BCUT2D eigenvalue weighted by molar-refractivity contribution is 5.84. The van der Waals surface area contributed by atoms with Gasteiger partial charge in [0.05, 0.1) is 31.3 Å². The van der Waals surface area contributed by atoms with E-state index in [0.29, 0.717) is 28.2 Å². The van der Waals surface area contributed by atoms with E-state index in [1.54, 1.807) is 51.6 Å². The third kappa shape index (κ3) is 2.86. The quantitative estimate of drug-likeness (QED) is 0.692. The van der Waals surface area contributed by atoms with Crippen LogP contribution in [0, 0.1) is 6.92 Å². The molecule has 0 unspecified atom stereocenters. The van der Waals surface area contributed by atoms with Crippen LogP contribution in [-0.4, -0.2) is 30.1 Å². The molecule has 0 aliphatic rings. The van der Waals surface area contributed by atoms with E-state index in [0.717, 1.165) is 5.56 Å². The predicted octanol–water partition coefficient (Wildman–Crippen LogP) is 2.60. The first-order chi connectivity index (χ1) is 11.6. The Morgan fingerprint density at radius 3 is 2.67 bits per heavy atom. The Bertz CT molecular complexity index is 977. The molecule has 3 aromatic rings. The topological polar surface area (TPSA) is 65.7 Å². The summed E-state index contributed by atoms with van der Waals surface area (Å²) in [5, 5.41) is 4.82. The summed E-state index contributed by atoms with van der Waals surface area (Å²) in [6.45, 7) is 1.75. The lowest BCUT2D eigenvalue weighted by atomic mass is 10.2. The van der Waals surface area contributed by atoms with Crippen LogP contribution in [0.2, 0.25) is 0 Å². The number of aromatic nitrogens is 2. The second-order valence-electron chi connectivity index (χ2n) is 5.15. The smallest absolute Gasteiger partial charge is 0.282 e. The molecule has 0 fully saturated rings. The lowest BCUT2D eigenvalue weighted by Gasteiger charge is -2.08. The molecular formula is C18H17N3O3. The largest absolute Gasteiger partial charge is 0.497 e. The summed E-state index contributed by atoms with van der Waals surface area (Å²) < 4.78 is 11.8. The van der Waals surface area contributed by atoms with Crippen molar-refractivity contribution < 1.29 is 9.47 Å². The predicted molar refractivity (Wildman–Crippen MR) is 93.3 cm³/mol. The Kier molecular flexibility index (Phi) is 4.29. The highest BCUT2D eigenvalue weighted by atomic mass is 16.5. The van der Waals surface area contributed by atoms with Crippen molar-refractivity contribution in [2.45, 2.75) is 6.92 Å². The normalized spacial score (nSPS) is 11.1. The lowest BCUT2D eigenvalue weighted by molar-refractivity contribution is 0.394. The number of nitrogens with zero attached hydrogens (tertiary/aromatic N) is 3. The maximum absolute atomic E-state index is 12.6. The molecule has 2 aromatic carbocycles. The van der Waals surface area contributed by atoms with Crippen LogP contribution in [0.3, 0.4) is 0 Å². The second kappa shape index (κ2) is 6.54. The van der Waals surface area contributed by atoms with Crippen LogP contribution in [0.15, 0.2) is 52.4 Å². The van der Waals surface area contributed by atoms with E-state index in [2.05, 4.69) is 10.1 Å². The van der Waals surface area contributed by atoms with E-state index in [1.807, 2.05) is 18.2 Å². The van der Waals surface area contributed by atoms with E-state index in [1.165, 1.54) is 4.68 Å².